The molecule has 0 aromatic heterocycles. The van der Waals surface area contributed by atoms with Crippen LogP contribution >= 0.6 is 0 Å². The van der Waals surface area contributed by atoms with Crippen molar-refractivity contribution in [2.75, 3.05) is 0 Å². The third-order valence-corrected chi connectivity index (χ3v) is 13.0. The van der Waals surface area contributed by atoms with Crippen LogP contribution in [0.2, 0.25) is 0 Å². The molecule has 2 aliphatic rings. The smallest absolute Gasteiger partial charge is 0.0656 e. The van der Waals surface area contributed by atoms with Crippen molar-refractivity contribution in [2.45, 2.75) is 111 Å². The molecule has 0 amide bonds. The molecule has 0 unspecified atom stereocenters. The zero-order chi connectivity index (χ0) is 41.9. The van der Waals surface area contributed by atoms with Crippen LogP contribution in [0.4, 0.5) is 0 Å². The van der Waals surface area contributed by atoms with E-state index in [9.17, 15) is 0 Å². The Hall–Kier alpha value is -5.46. The first-order valence-electron chi connectivity index (χ1n) is 21.9. The third-order valence-electron chi connectivity index (χ3n) is 13.0. The molecule has 0 fully saturated rings. The zero-order valence-electron chi connectivity index (χ0n) is 37.3. The molecule has 7 aromatic carbocycles. The van der Waals surface area contributed by atoms with Gasteiger partial charge in [-0.2, -0.15) is 0 Å². The summed E-state index contributed by atoms with van der Waals surface area (Å²) in [5, 5.41) is 0. The van der Waals surface area contributed by atoms with E-state index in [0.717, 1.165) is 6.42 Å². The lowest BCUT2D eigenvalue weighted by molar-refractivity contribution is 0.557. The Morgan fingerprint density at radius 3 is 1.61 bits per heavy atom. The Kier molecular flexibility index (Phi) is 10.2. The van der Waals surface area contributed by atoms with Crippen molar-refractivity contribution < 1.29 is 0 Å². The molecule has 0 atom stereocenters. The van der Waals surface area contributed by atoms with Gasteiger partial charge in [0.05, 0.1) is 5.41 Å². The average Bonchev–Trinajstić information content (AvgIpc) is 3.64. The van der Waals surface area contributed by atoms with Gasteiger partial charge in [0, 0.05) is 5.41 Å². The van der Waals surface area contributed by atoms with Crippen LogP contribution in [-0.4, -0.2) is 0 Å². The van der Waals surface area contributed by atoms with Gasteiger partial charge in [-0.05, 0) is 125 Å². The van der Waals surface area contributed by atoms with Crippen LogP contribution in [0.15, 0.2) is 152 Å². The molecule has 0 radical (unpaired) electrons. The fourth-order valence-corrected chi connectivity index (χ4v) is 10.2. The molecule has 7 aromatic rings. The average molecular weight is 771 g/mol. The monoisotopic (exact) mass is 770 g/mol. The van der Waals surface area contributed by atoms with Gasteiger partial charge in [0.2, 0.25) is 0 Å². The highest BCUT2D eigenvalue weighted by molar-refractivity contribution is 5.91. The second-order valence-corrected chi connectivity index (χ2v) is 19.7. The first-order valence-corrected chi connectivity index (χ1v) is 21.9. The molecule has 59 heavy (non-hydrogen) atoms. The van der Waals surface area contributed by atoms with Gasteiger partial charge in [0.25, 0.3) is 0 Å². The minimum absolute atomic E-state index is 0.0204. The molecular formula is C59H62. The highest BCUT2D eigenvalue weighted by atomic mass is 14.5. The summed E-state index contributed by atoms with van der Waals surface area (Å²) in [6.07, 6.45) is 2.08. The van der Waals surface area contributed by atoms with Crippen LogP contribution in [0.25, 0.3) is 33.4 Å². The van der Waals surface area contributed by atoms with E-state index >= 15 is 0 Å². The summed E-state index contributed by atoms with van der Waals surface area (Å²) in [5.74, 6) is 0. The van der Waals surface area contributed by atoms with Crippen LogP contribution < -0.4 is 0 Å². The second kappa shape index (κ2) is 15.0. The van der Waals surface area contributed by atoms with Crippen LogP contribution in [-0.2, 0) is 28.1 Å². The molecule has 0 saturated carbocycles. The topological polar surface area (TPSA) is 0 Å². The molecular weight excluding hydrogens is 709 g/mol. The quantitative estimate of drug-likeness (QED) is 0.163. The van der Waals surface area contributed by atoms with Crippen molar-refractivity contribution in [3.63, 3.8) is 0 Å². The van der Waals surface area contributed by atoms with Gasteiger partial charge in [-0.15, -0.1) is 0 Å². The standard InChI is InChI=1S/C56H54.C3H8/c1-36-21-16-17-27-42(36)44-35-45-43-28-18-19-29-47(43)55(8,9)49(45)32-38(44)31-37-22-20-30-48-51(37)46-33-41(53(2,3)4)34-50(54(5,6)7)52(46)56(48,39-23-12-10-13-24-39)40-25-14-11-15-26-40;1-3-2/h10-30,32-35H,31H2,1-9H3;3H2,1-2H3. The predicted octanol–water partition coefficient (Wildman–Crippen LogP) is 15.9. The summed E-state index contributed by atoms with van der Waals surface area (Å²) in [6, 6.07) is 58.0. The fourth-order valence-electron chi connectivity index (χ4n) is 10.2. The summed E-state index contributed by atoms with van der Waals surface area (Å²) in [5.41, 5.74) is 22.6. The summed E-state index contributed by atoms with van der Waals surface area (Å²) >= 11 is 0. The largest absolute Gasteiger partial charge is 0.0716 e. The summed E-state index contributed by atoms with van der Waals surface area (Å²) in [7, 11) is 0. The molecule has 2 aliphatic carbocycles. The highest BCUT2D eigenvalue weighted by Gasteiger charge is 2.50. The Morgan fingerprint density at radius 2 is 1.02 bits per heavy atom. The fraction of sp³-hybridized carbons (Fsp3) is 0.288. The van der Waals surface area contributed by atoms with E-state index in [0.29, 0.717) is 0 Å². The Morgan fingerprint density at radius 1 is 0.458 bits per heavy atom. The lowest BCUT2D eigenvalue weighted by Crippen LogP contribution is -2.32. The van der Waals surface area contributed by atoms with E-state index in [2.05, 4.69) is 228 Å². The molecule has 0 heterocycles. The van der Waals surface area contributed by atoms with E-state index in [4.69, 9.17) is 0 Å². The van der Waals surface area contributed by atoms with Crippen molar-refractivity contribution >= 4 is 0 Å². The third kappa shape index (κ3) is 6.61. The zero-order valence-corrected chi connectivity index (χ0v) is 37.3. The Balaban J connectivity index is 0.00000157. The molecule has 0 bridgehead atoms. The van der Waals surface area contributed by atoms with Gasteiger partial charge in [-0.1, -0.05) is 221 Å². The van der Waals surface area contributed by atoms with Crippen molar-refractivity contribution in [2.24, 2.45) is 0 Å². The summed E-state index contributed by atoms with van der Waals surface area (Å²) in [4.78, 5) is 0. The first-order chi connectivity index (χ1) is 28.1. The Bertz CT molecular complexity index is 2620. The van der Waals surface area contributed by atoms with E-state index in [-0.39, 0.29) is 16.2 Å². The lowest BCUT2D eigenvalue weighted by Gasteiger charge is -2.38. The number of benzene rings is 7. The van der Waals surface area contributed by atoms with Crippen LogP contribution in [0.5, 0.6) is 0 Å². The van der Waals surface area contributed by atoms with Gasteiger partial charge in [0.15, 0.2) is 0 Å². The first kappa shape index (κ1) is 40.3. The number of hydrogen-bond donors (Lipinski definition) is 0. The SMILES string of the molecule is CCC.Cc1ccccc1-c1cc2c(cc1Cc1cccc3c1-c1cc(C(C)(C)C)cc(C(C)(C)C)c1C3(c1ccccc1)c1ccccc1)C(C)(C)c1ccccc1-2. The molecule has 9 rings (SSSR count). The molecule has 0 nitrogen and oxygen atoms in total. The van der Waals surface area contributed by atoms with E-state index < -0.39 is 5.41 Å². The van der Waals surface area contributed by atoms with Gasteiger partial charge in [-0.3, -0.25) is 0 Å². The Labute approximate surface area is 355 Å². The van der Waals surface area contributed by atoms with Gasteiger partial charge >= 0.3 is 0 Å². The van der Waals surface area contributed by atoms with E-state index in [1.165, 1.54) is 101 Å². The summed E-state index contributed by atoms with van der Waals surface area (Å²) in [6.45, 7) is 25.6. The minimum Gasteiger partial charge on any atom is -0.0656 e. The van der Waals surface area contributed by atoms with Crippen LogP contribution in [0.3, 0.4) is 0 Å². The minimum atomic E-state index is -0.483. The van der Waals surface area contributed by atoms with Gasteiger partial charge < -0.3 is 0 Å². The molecule has 0 saturated heterocycles. The van der Waals surface area contributed by atoms with Gasteiger partial charge in [-0.25, -0.2) is 0 Å². The van der Waals surface area contributed by atoms with Crippen molar-refractivity contribution in [3.05, 3.63) is 213 Å². The van der Waals surface area contributed by atoms with Crippen molar-refractivity contribution in [1.82, 2.24) is 0 Å². The predicted molar refractivity (Wildman–Crippen MR) is 254 cm³/mol. The normalized spacial score (nSPS) is 14.4. The van der Waals surface area contributed by atoms with Gasteiger partial charge in [0.1, 0.15) is 0 Å². The molecule has 298 valence electrons. The number of aryl methyl sites for hydroxylation is 1. The van der Waals surface area contributed by atoms with E-state index in [1.807, 2.05) is 0 Å². The summed E-state index contributed by atoms with van der Waals surface area (Å²) < 4.78 is 0. The lowest BCUT2D eigenvalue weighted by atomic mass is 9.63. The molecule has 0 aliphatic heterocycles. The van der Waals surface area contributed by atoms with Crippen molar-refractivity contribution in [1.29, 1.82) is 0 Å². The number of fused-ring (bicyclic) bond motifs is 6. The number of rotatable bonds is 5. The molecule has 0 N–H and O–H groups in total. The molecule has 0 spiro atoms. The highest BCUT2D eigenvalue weighted by Crippen LogP contribution is 2.60. The van der Waals surface area contributed by atoms with E-state index in [1.54, 1.807) is 0 Å². The van der Waals surface area contributed by atoms with Crippen LogP contribution in [0, 0.1) is 6.92 Å². The number of hydrogen-bond acceptors (Lipinski definition) is 0. The maximum Gasteiger partial charge on any atom is 0.0716 e. The second-order valence-electron chi connectivity index (χ2n) is 19.7. The molecule has 0 heteroatoms. The maximum absolute atomic E-state index is 2.57. The van der Waals surface area contributed by atoms with Crippen molar-refractivity contribution in [3.8, 4) is 33.4 Å². The maximum atomic E-state index is 2.57. The van der Waals surface area contributed by atoms with Crippen LogP contribution in [0.1, 0.15) is 137 Å².